The summed E-state index contributed by atoms with van der Waals surface area (Å²) in [6, 6.07) is 10.6. The van der Waals surface area contributed by atoms with E-state index in [4.69, 9.17) is 5.73 Å². The van der Waals surface area contributed by atoms with Crippen molar-refractivity contribution in [2.24, 2.45) is 11.1 Å². The standard InChI is InChI=1S/C16H26N2/c1-16(2)9-12-18(13-10-16)11-8-15(17)14-6-4-3-5-7-14/h3-7,15H,8-13,17H2,1-2H3. The van der Waals surface area contributed by atoms with Gasteiger partial charge in [-0.3, -0.25) is 0 Å². The molecule has 1 aromatic carbocycles. The molecule has 1 aliphatic rings. The Labute approximate surface area is 111 Å². The molecule has 1 saturated heterocycles. The highest BCUT2D eigenvalue weighted by Crippen LogP contribution is 2.30. The molecule has 1 atom stereocenters. The van der Waals surface area contributed by atoms with Crippen LogP contribution in [0.5, 0.6) is 0 Å². The number of nitrogens with two attached hydrogens (primary N) is 1. The van der Waals surface area contributed by atoms with Crippen molar-refractivity contribution in [2.75, 3.05) is 19.6 Å². The number of benzene rings is 1. The summed E-state index contributed by atoms with van der Waals surface area (Å²) in [5.41, 5.74) is 8.04. The topological polar surface area (TPSA) is 29.3 Å². The van der Waals surface area contributed by atoms with Gasteiger partial charge in [0.15, 0.2) is 0 Å². The van der Waals surface area contributed by atoms with Gasteiger partial charge in [-0.15, -0.1) is 0 Å². The molecule has 0 bridgehead atoms. The Morgan fingerprint density at radius 2 is 1.78 bits per heavy atom. The lowest BCUT2D eigenvalue weighted by atomic mass is 9.82. The number of hydrogen-bond acceptors (Lipinski definition) is 2. The number of rotatable bonds is 4. The van der Waals surface area contributed by atoms with Crippen molar-refractivity contribution in [2.45, 2.75) is 39.2 Å². The van der Waals surface area contributed by atoms with Gasteiger partial charge < -0.3 is 10.6 Å². The van der Waals surface area contributed by atoms with E-state index in [9.17, 15) is 0 Å². The molecule has 18 heavy (non-hydrogen) atoms. The number of hydrogen-bond donors (Lipinski definition) is 1. The lowest BCUT2D eigenvalue weighted by Crippen LogP contribution is -2.38. The fourth-order valence-electron chi connectivity index (χ4n) is 2.57. The summed E-state index contributed by atoms with van der Waals surface area (Å²) in [6.07, 6.45) is 3.69. The van der Waals surface area contributed by atoms with E-state index in [2.05, 4.69) is 43.0 Å². The lowest BCUT2D eigenvalue weighted by molar-refractivity contribution is 0.129. The zero-order valence-corrected chi connectivity index (χ0v) is 11.7. The Hall–Kier alpha value is -0.860. The van der Waals surface area contributed by atoms with Gasteiger partial charge in [0.05, 0.1) is 0 Å². The first-order valence-electron chi connectivity index (χ1n) is 7.10. The van der Waals surface area contributed by atoms with Crippen LogP contribution in [-0.4, -0.2) is 24.5 Å². The second kappa shape index (κ2) is 5.85. The average Bonchev–Trinajstić information content (AvgIpc) is 2.38. The van der Waals surface area contributed by atoms with E-state index >= 15 is 0 Å². The van der Waals surface area contributed by atoms with Crippen molar-refractivity contribution < 1.29 is 0 Å². The summed E-state index contributed by atoms with van der Waals surface area (Å²) in [6.45, 7) is 8.34. The van der Waals surface area contributed by atoms with Gasteiger partial charge in [0.1, 0.15) is 0 Å². The molecule has 2 heteroatoms. The molecule has 0 radical (unpaired) electrons. The molecule has 2 rings (SSSR count). The molecule has 100 valence electrons. The Bertz CT molecular complexity index is 349. The van der Waals surface area contributed by atoms with Crippen LogP contribution in [0.1, 0.15) is 44.7 Å². The lowest BCUT2D eigenvalue weighted by Gasteiger charge is -2.37. The zero-order chi connectivity index (χ0) is 13.0. The quantitative estimate of drug-likeness (QED) is 0.884. The van der Waals surface area contributed by atoms with Crippen LogP contribution in [0, 0.1) is 5.41 Å². The molecule has 1 fully saturated rings. The summed E-state index contributed by atoms with van der Waals surface area (Å²) in [4.78, 5) is 2.56. The van der Waals surface area contributed by atoms with E-state index < -0.39 is 0 Å². The molecule has 0 amide bonds. The van der Waals surface area contributed by atoms with E-state index in [-0.39, 0.29) is 6.04 Å². The van der Waals surface area contributed by atoms with Gasteiger partial charge in [-0.25, -0.2) is 0 Å². The SMILES string of the molecule is CC1(C)CCN(CCC(N)c2ccccc2)CC1. The van der Waals surface area contributed by atoms with Gasteiger partial charge in [-0.2, -0.15) is 0 Å². The molecule has 0 aliphatic carbocycles. The van der Waals surface area contributed by atoms with E-state index in [1.807, 2.05) is 6.07 Å². The molecule has 1 aliphatic heterocycles. The van der Waals surface area contributed by atoms with Gasteiger partial charge >= 0.3 is 0 Å². The minimum Gasteiger partial charge on any atom is -0.324 e. The molecular weight excluding hydrogens is 220 g/mol. The first-order chi connectivity index (χ1) is 8.57. The highest BCUT2D eigenvalue weighted by Gasteiger charge is 2.25. The predicted octanol–water partition coefficient (Wildman–Crippen LogP) is 3.20. The maximum atomic E-state index is 6.24. The maximum Gasteiger partial charge on any atom is 0.0307 e. The molecule has 1 heterocycles. The summed E-state index contributed by atoms with van der Waals surface area (Å²) in [7, 11) is 0. The van der Waals surface area contributed by atoms with Crippen LogP contribution in [0.4, 0.5) is 0 Å². The van der Waals surface area contributed by atoms with Gasteiger partial charge in [-0.1, -0.05) is 44.2 Å². The minimum absolute atomic E-state index is 0.182. The van der Waals surface area contributed by atoms with Crippen molar-refractivity contribution >= 4 is 0 Å². The fourth-order valence-corrected chi connectivity index (χ4v) is 2.57. The van der Waals surface area contributed by atoms with Crippen molar-refractivity contribution in [1.29, 1.82) is 0 Å². The third-order valence-corrected chi connectivity index (χ3v) is 4.19. The summed E-state index contributed by atoms with van der Waals surface area (Å²) >= 11 is 0. The maximum absolute atomic E-state index is 6.24. The Kier molecular flexibility index (Phi) is 4.41. The van der Waals surface area contributed by atoms with Crippen molar-refractivity contribution in [1.82, 2.24) is 4.90 Å². The van der Waals surface area contributed by atoms with Crippen LogP contribution in [0.2, 0.25) is 0 Å². The highest BCUT2D eigenvalue weighted by molar-refractivity contribution is 5.18. The van der Waals surface area contributed by atoms with Crippen LogP contribution in [0.3, 0.4) is 0 Å². The first-order valence-corrected chi connectivity index (χ1v) is 7.10. The Morgan fingerprint density at radius 1 is 1.17 bits per heavy atom. The Morgan fingerprint density at radius 3 is 2.39 bits per heavy atom. The Balaban J connectivity index is 1.76. The predicted molar refractivity (Wildman–Crippen MR) is 77.4 cm³/mol. The van der Waals surface area contributed by atoms with Gasteiger partial charge in [-0.05, 0) is 49.9 Å². The summed E-state index contributed by atoms with van der Waals surface area (Å²) in [5.74, 6) is 0. The summed E-state index contributed by atoms with van der Waals surface area (Å²) < 4.78 is 0. The molecular formula is C16H26N2. The third kappa shape index (κ3) is 3.82. The minimum atomic E-state index is 0.182. The third-order valence-electron chi connectivity index (χ3n) is 4.19. The highest BCUT2D eigenvalue weighted by atomic mass is 15.1. The van der Waals surface area contributed by atoms with Crippen molar-refractivity contribution in [3.8, 4) is 0 Å². The molecule has 1 unspecified atom stereocenters. The molecule has 0 spiro atoms. The van der Waals surface area contributed by atoms with E-state index in [0.29, 0.717) is 5.41 Å². The first kappa shape index (κ1) is 13.6. The number of nitrogens with zero attached hydrogens (tertiary/aromatic N) is 1. The molecule has 0 aromatic heterocycles. The zero-order valence-electron chi connectivity index (χ0n) is 11.7. The number of likely N-dealkylation sites (tertiary alicyclic amines) is 1. The second-order valence-corrected chi connectivity index (χ2v) is 6.31. The molecule has 2 nitrogen and oxygen atoms in total. The van der Waals surface area contributed by atoms with Crippen molar-refractivity contribution in [3.05, 3.63) is 35.9 Å². The summed E-state index contributed by atoms with van der Waals surface area (Å²) in [5, 5.41) is 0. The molecule has 1 aromatic rings. The largest absolute Gasteiger partial charge is 0.324 e. The average molecular weight is 246 g/mol. The van der Waals surface area contributed by atoms with Crippen LogP contribution in [0.25, 0.3) is 0 Å². The second-order valence-electron chi connectivity index (χ2n) is 6.31. The van der Waals surface area contributed by atoms with E-state index in [0.717, 1.165) is 13.0 Å². The molecule has 0 saturated carbocycles. The molecule has 2 N–H and O–H groups in total. The fraction of sp³-hybridized carbons (Fsp3) is 0.625. The monoisotopic (exact) mass is 246 g/mol. The number of piperidine rings is 1. The van der Waals surface area contributed by atoms with Gasteiger partial charge in [0.2, 0.25) is 0 Å². The van der Waals surface area contributed by atoms with Crippen molar-refractivity contribution in [3.63, 3.8) is 0 Å². The van der Waals surface area contributed by atoms with Crippen LogP contribution < -0.4 is 5.73 Å². The smallest absolute Gasteiger partial charge is 0.0307 e. The van der Waals surface area contributed by atoms with E-state index in [1.165, 1.54) is 31.5 Å². The van der Waals surface area contributed by atoms with Crippen LogP contribution in [0.15, 0.2) is 30.3 Å². The van der Waals surface area contributed by atoms with Crippen LogP contribution >= 0.6 is 0 Å². The van der Waals surface area contributed by atoms with E-state index in [1.54, 1.807) is 0 Å². The van der Waals surface area contributed by atoms with Gasteiger partial charge in [0, 0.05) is 6.04 Å². The van der Waals surface area contributed by atoms with Gasteiger partial charge in [0.25, 0.3) is 0 Å². The van der Waals surface area contributed by atoms with Crippen LogP contribution in [-0.2, 0) is 0 Å². The normalized spacial score (nSPS) is 21.7.